The van der Waals surface area contributed by atoms with Gasteiger partial charge in [0.1, 0.15) is 10.7 Å². The van der Waals surface area contributed by atoms with Gasteiger partial charge in [0.15, 0.2) is 11.4 Å². The van der Waals surface area contributed by atoms with Crippen LogP contribution in [0.2, 0.25) is 0 Å². The Morgan fingerprint density at radius 1 is 1.52 bits per heavy atom. The Kier molecular flexibility index (Phi) is 5.05. The van der Waals surface area contributed by atoms with Crippen molar-refractivity contribution in [2.24, 2.45) is 5.73 Å². The topological polar surface area (TPSA) is 86.3 Å². The van der Waals surface area contributed by atoms with Gasteiger partial charge >= 0.3 is 0 Å². The highest BCUT2D eigenvalue weighted by atomic mass is 32.1. The summed E-state index contributed by atoms with van der Waals surface area (Å²) < 4.78 is 6.90. The summed E-state index contributed by atoms with van der Waals surface area (Å²) in [6.07, 6.45) is 1.55. The molecule has 0 saturated carbocycles. The Bertz CT molecular complexity index is 620. The maximum absolute atomic E-state index is 12.6. The van der Waals surface area contributed by atoms with E-state index in [9.17, 15) is 4.79 Å². The van der Waals surface area contributed by atoms with Crippen LogP contribution in [-0.2, 0) is 13.1 Å². The molecule has 0 saturated heterocycles. The second-order valence-corrected chi connectivity index (χ2v) is 5.69. The first-order chi connectivity index (χ1) is 10.1. The lowest BCUT2D eigenvalue weighted by molar-refractivity contribution is 0.102. The largest absolute Gasteiger partial charge is 0.493 e. The van der Waals surface area contributed by atoms with Gasteiger partial charge in [0.25, 0.3) is 0 Å². The predicted octanol–water partition coefficient (Wildman–Crippen LogP) is 0.599. The van der Waals surface area contributed by atoms with E-state index in [2.05, 4.69) is 10.1 Å². The average molecular weight is 309 g/mol. The van der Waals surface area contributed by atoms with E-state index in [4.69, 9.17) is 10.5 Å². The van der Waals surface area contributed by atoms with Gasteiger partial charge in [-0.1, -0.05) is 0 Å². The minimum Gasteiger partial charge on any atom is -0.493 e. The van der Waals surface area contributed by atoms with Crippen LogP contribution in [-0.4, -0.2) is 53.2 Å². The van der Waals surface area contributed by atoms with Crippen LogP contribution in [0.25, 0.3) is 0 Å². The van der Waals surface area contributed by atoms with Crippen molar-refractivity contribution < 1.29 is 9.53 Å². The van der Waals surface area contributed by atoms with E-state index in [0.29, 0.717) is 30.2 Å². The number of thiazole rings is 1. The van der Waals surface area contributed by atoms with Crippen molar-refractivity contribution in [3.05, 3.63) is 28.0 Å². The molecule has 0 amide bonds. The Hall–Kier alpha value is -1.77. The van der Waals surface area contributed by atoms with Crippen molar-refractivity contribution in [2.75, 3.05) is 27.7 Å². The third kappa shape index (κ3) is 3.46. The van der Waals surface area contributed by atoms with Crippen LogP contribution in [0.3, 0.4) is 0 Å². The Morgan fingerprint density at radius 3 is 2.86 bits per heavy atom. The molecule has 2 aromatic rings. The fraction of sp³-hybridized carbons (Fsp3) is 0.462. The molecule has 0 aromatic carbocycles. The van der Waals surface area contributed by atoms with Crippen LogP contribution in [0, 0.1) is 0 Å². The highest BCUT2D eigenvalue weighted by Gasteiger charge is 2.23. The van der Waals surface area contributed by atoms with Crippen molar-refractivity contribution in [1.82, 2.24) is 19.7 Å². The Morgan fingerprint density at radius 2 is 2.29 bits per heavy atom. The van der Waals surface area contributed by atoms with Crippen molar-refractivity contribution in [2.45, 2.75) is 13.1 Å². The first-order valence-electron chi connectivity index (χ1n) is 6.50. The highest BCUT2D eigenvalue weighted by molar-refractivity contribution is 7.09. The molecular formula is C13H19N5O2S. The lowest BCUT2D eigenvalue weighted by Crippen LogP contribution is -2.22. The van der Waals surface area contributed by atoms with Crippen LogP contribution in [0.4, 0.5) is 0 Å². The minimum absolute atomic E-state index is 0.195. The maximum Gasteiger partial charge on any atom is 0.234 e. The fourth-order valence-electron chi connectivity index (χ4n) is 1.84. The van der Waals surface area contributed by atoms with Gasteiger partial charge in [-0.3, -0.25) is 9.48 Å². The SMILES string of the molecule is COc1cnn(CCN(C)C)c1C(=O)c1csc(CN)n1. The molecule has 2 aromatic heterocycles. The smallest absolute Gasteiger partial charge is 0.234 e. The zero-order chi connectivity index (χ0) is 15.4. The summed E-state index contributed by atoms with van der Waals surface area (Å²) in [4.78, 5) is 18.9. The van der Waals surface area contributed by atoms with Crippen molar-refractivity contribution in [3.63, 3.8) is 0 Å². The molecule has 114 valence electrons. The van der Waals surface area contributed by atoms with E-state index in [1.54, 1.807) is 16.3 Å². The molecule has 21 heavy (non-hydrogen) atoms. The molecule has 0 aliphatic heterocycles. The Labute approximate surface area is 127 Å². The summed E-state index contributed by atoms with van der Waals surface area (Å²) >= 11 is 1.38. The molecule has 2 heterocycles. The van der Waals surface area contributed by atoms with Crippen molar-refractivity contribution in [1.29, 1.82) is 0 Å². The van der Waals surface area contributed by atoms with Gasteiger partial charge in [0, 0.05) is 18.5 Å². The zero-order valence-electron chi connectivity index (χ0n) is 12.4. The van der Waals surface area contributed by atoms with Gasteiger partial charge < -0.3 is 15.4 Å². The molecule has 0 aliphatic rings. The summed E-state index contributed by atoms with van der Waals surface area (Å²) in [6, 6.07) is 0. The molecule has 2 rings (SSSR count). The number of rotatable bonds is 7. The molecule has 0 radical (unpaired) electrons. The summed E-state index contributed by atoms with van der Waals surface area (Å²) in [6.45, 7) is 1.70. The Balaban J connectivity index is 2.31. The van der Waals surface area contributed by atoms with E-state index in [-0.39, 0.29) is 5.78 Å². The van der Waals surface area contributed by atoms with Crippen LogP contribution in [0.1, 0.15) is 21.2 Å². The van der Waals surface area contributed by atoms with E-state index in [1.807, 2.05) is 19.0 Å². The lowest BCUT2D eigenvalue weighted by atomic mass is 10.2. The number of carbonyl (C=O) groups is 1. The molecule has 0 aliphatic carbocycles. The second-order valence-electron chi connectivity index (χ2n) is 4.75. The maximum atomic E-state index is 12.6. The number of ketones is 1. The zero-order valence-corrected chi connectivity index (χ0v) is 13.2. The first kappa shape index (κ1) is 15.6. The number of nitrogens with two attached hydrogens (primary N) is 1. The van der Waals surface area contributed by atoms with Crippen molar-refractivity contribution >= 4 is 17.1 Å². The van der Waals surface area contributed by atoms with E-state index in [0.717, 1.165) is 11.6 Å². The molecular weight excluding hydrogens is 290 g/mol. The first-order valence-corrected chi connectivity index (χ1v) is 7.38. The molecule has 0 bridgehead atoms. The van der Waals surface area contributed by atoms with Crippen LogP contribution < -0.4 is 10.5 Å². The third-order valence-electron chi connectivity index (χ3n) is 2.96. The van der Waals surface area contributed by atoms with Gasteiger partial charge in [0.2, 0.25) is 5.78 Å². The number of likely N-dealkylation sites (N-methyl/N-ethyl adjacent to an activating group) is 1. The predicted molar refractivity (Wildman–Crippen MR) is 80.8 cm³/mol. The third-order valence-corrected chi connectivity index (χ3v) is 3.83. The van der Waals surface area contributed by atoms with Crippen LogP contribution in [0.15, 0.2) is 11.6 Å². The van der Waals surface area contributed by atoms with E-state index >= 15 is 0 Å². The lowest BCUT2D eigenvalue weighted by Gasteiger charge is -2.11. The highest BCUT2D eigenvalue weighted by Crippen LogP contribution is 2.22. The quantitative estimate of drug-likeness (QED) is 0.754. The molecule has 0 unspecified atom stereocenters. The molecule has 8 heteroatoms. The molecule has 0 fully saturated rings. The molecule has 0 spiro atoms. The van der Waals surface area contributed by atoms with Gasteiger partial charge in [-0.25, -0.2) is 4.98 Å². The van der Waals surface area contributed by atoms with Crippen LogP contribution >= 0.6 is 11.3 Å². The fourth-order valence-corrected chi connectivity index (χ4v) is 2.50. The number of carbonyl (C=O) groups excluding carboxylic acids is 1. The monoisotopic (exact) mass is 309 g/mol. The van der Waals surface area contributed by atoms with E-state index in [1.165, 1.54) is 18.4 Å². The number of hydrogen-bond acceptors (Lipinski definition) is 7. The van der Waals surface area contributed by atoms with Gasteiger partial charge in [0.05, 0.1) is 19.9 Å². The van der Waals surface area contributed by atoms with Crippen LogP contribution in [0.5, 0.6) is 5.75 Å². The summed E-state index contributed by atoms with van der Waals surface area (Å²) in [7, 11) is 5.46. The van der Waals surface area contributed by atoms with Gasteiger partial charge in [-0.2, -0.15) is 5.10 Å². The molecule has 2 N–H and O–H groups in total. The second kappa shape index (κ2) is 6.79. The summed E-state index contributed by atoms with van der Waals surface area (Å²) in [5.41, 5.74) is 6.34. The average Bonchev–Trinajstić information content (AvgIpc) is 3.10. The van der Waals surface area contributed by atoms with E-state index < -0.39 is 0 Å². The van der Waals surface area contributed by atoms with Crippen molar-refractivity contribution in [3.8, 4) is 5.75 Å². The van der Waals surface area contributed by atoms with Gasteiger partial charge in [-0.15, -0.1) is 11.3 Å². The number of aromatic nitrogens is 3. The number of hydrogen-bond donors (Lipinski definition) is 1. The van der Waals surface area contributed by atoms with Gasteiger partial charge in [-0.05, 0) is 14.1 Å². The summed E-state index contributed by atoms with van der Waals surface area (Å²) in [5.74, 6) is 0.264. The standard InChI is InChI=1S/C13H19N5O2S/c1-17(2)4-5-18-12(10(20-3)7-15-18)13(19)9-8-21-11(6-14)16-9/h7-8H,4-6,14H2,1-3H3. The number of ether oxygens (including phenoxy) is 1. The number of methoxy groups -OCH3 is 1. The molecule has 0 atom stereocenters. The summed E-state index contributed by atoms with van der Waals surface area (Å²) in [5, 5.41) is 6.68. The molecule has 7 nitrogen and oxygen atoms in total. The normalized spacial score (nSPS) is 11.1. The minimum atomic E-state index is -0.195. The number of nitrogens with zero attached hydrogens (tertiary/aromatic N) is 4.